The van der Waals surface area contributed by atoms with Crippen LogP contribution in [-0.2, 0) is 0 Å². The fourth-order valence-electron chi connectivity index (χ4n) is 4.71. The van der Waals surface area contributed by atoms with Crippen molar-refractivity contribution in [1.29, 1.82) is 0 Å². The first-order chi connectivity index (χ1) is 21.8. The van der Waals surface area contributed by atoms with Gasteiger partial charge in [-0.05, 0) is 6.07 Å². The minimum Gasteiger partial charge on any atom is -0.498 e. The van der Waals surface area contributed by atoms with E-state index in [1.54, 1.807) is 0 Å². The van der Waals surface area contributed by atoms with E-state index in [2.05, 4.69) is 4.65 Å². The van der Waals surface area contributed by atoms with Crippen LogP contribution in [0.4, 0.5) is 65.9 Å². The molecule has 0 radical (unpaired) electrons. The minimum atomic E-state index is -3.09. The third-order valence-corrected chi connectivity index (χ3v) is 6.91. The number of rotatable bonds is 5. The third kappa shape index (κ3) is 4.84. The van der Waals surface area contributed by atoms with Gasteiger partial charge in [-0.1, -0.05) is 11.6 Å². The summed E-state index contributed by atoms with van der Waals surface area (Å²) in [6.45, 7) is 0. The number of fused-ring (bicyclic) bond motifs is 1. The lowest BCUT2D eigenvalue weighted by Crippen LogP contribution is -2.21. The molecular formula is C26H4BClF15NO3. The van der Waals surface area contributed by atoms with E-state index >= 15 is 26.3 Å². The normalized spacial score (nSPS) is 11.6. The smallest absolute Gasteiger partial charge is 0.498 e. The average molecular weight is 710 g/mol. The highest BCUT2D eigenvalue weighted by atomic mass is 35.5. The van der Waals surface area contributed by atoms with E-state index in [-0.39, 0.29) is 0 Å². The molecule has 47 heavy (non-hydrogen) atoms. The average Bonchev–Trinajstić information content (AvgIpc) is 3.35. The van der Waals surface area contributed by atoms with E-state index < -0.39 is 150 Å². The van der Waals surface area contributed by atoms with Crippen molar-refractivity contribution in [3.05, 3.63) is 98.3 Å². The lowest BCUT2D eigenvalue weighted by atomic mass is 9.87. The Kier molecular flexibility index (Phi) is 8.34. The van der Waals surface area contributed by atoms with Gasteiger partial charge in [0.15, 0.2) is 75.7 Å². The van der Waals surface area contributed by atoms with Crippen LogP contribution in [0.5, 0.6) is 5.88 Å². The van der Waals surface area contributed by atoms with Gasteiger partial charge in [0.05, 0.1) is 32.8 Å². The second-order valence-corrected chi connectivity index (χ2v) is 9.55. The maximum atomic E-state index is 15.4. The Hall–Kier alpha value is -4.56. The largest absolute Gasteiger partial charge is 0.708 e. The molecule has 0 aliphatic rings. The topological polar surface area (TPSA) is 65.5 Å². The Bertz CT molecular complexity index is 2100. The summed E-state index contributed by atoms with van der Waals surface area (Å²) in [4.78, 5) is 1.87. The highest BCUT2D eigenvalue weighted by molar-refractivity contribution is 6.36. The summed E-state index contributed by atoms with van der Waals surface area (Å²) in [6, 6.07) is 0.298. The van der Waals surface area contributed by atoms with Crippen molar-refractivity contribution < 1.29 is 80.6 Å². The molecule has 0 unspecified atom stereocenters. The lowest BCUT2D eigenvalue weighted by molar-refractivity contribution is 0.284. The first-order valence-corrected chi connectivity index (χ1v) is 12.2. The molecule has 1 aromatic heterocycles. The molecule has 0 spiro atoms. The lowest BCUT2D eigenvalue weighted by Gasteiger charge is -2.19. The van der Waals surface area contributed by atoms with E-state index in [1.165, 1.54) is 0 Å². The molecule has 0 amide bonds. The van der Waals surface area contributed by atoms with Crippen LogP contribution in [-0.4, -0.2) is 22.4 Å². The molecule has 0 aliphatic heterocycles. The Morgan fingerprint density at radius 3 is 1.09 bits per heavy atom. The quantitative estimate of drug-likeness (QED) is 0.0746. The van der Waals surface area contributed by atoms with Crippen LogP contribution in [0.1, 0.15) is 0 Å². The highest BCUT2D eigenvalue weighted by Gasteiger charge is 2.38. The number of aromatic amines is 1. The van der Waals surface area contributed by atoms with Crippen molar-refractivity contribution in [3.8, 4) is 39.3 Å². The van der Waals surface area contributed by atoms with Crippen molar-refractivity contribution in [2.24, 2.45) is 0 Å². The van der Waals surface area contributed by atoms with E-state index in [4.69, 9.17) is 11.6 Å². The fourth-order valence-corrected chi connectivity index (χ4v) is 5.00. The molecule has 0 saturated heterocycles. The van der Waals surface area contributed by atoms with Gasteiger partial charge in [-0.15, -0.1) is 0 Å². The minimum absolute atomic E-state index is 0.298. The Balaban J connectivity index is 2.21. The molecule has 21 heteroatoms. The molecular weight excluding hydrogens is 706 g/mol. The van der Waals surface area contributed by atoms with Crippen molar-refractivity contribution in [2.75, 3.05) is 0 Å². The standard InChI is InChI=1S/C26H4BClF15NO3/c28-2-1-3-5(7(26(44-3)47-27(45)46)10-15(33)21(39)25(43)22(40)16(10)34)6(9-13(31)19(37)24(42)20(38)14(9)32)4(2)8-11(29)17(35)23(41)18(36)12(8)30/h1,44-46H. The monoisotopic (exact) mass is 709 g/mol. The van der Waals surface area contributed by atoms with Crippen molar-refractivity contribution in [1.82, 2.24) is 4.98 Å². The first kappa shape index (κ1) is 33.8. The van der Waals surface area contributed by atoms with E-state index in [0.717, 1.165) is 0 Å². The summed E-state index contributed by atoms with van der Waals surface area (Å²) in [5.74, 6) is -43.9. The Morgan fingerprint density at radius 2 is 0.745 bits per heavy atom. The predicted molar refractivity (Wildman–Crippen MR) is 130 cm³/mol. The first-order valence-electron chi connectivity index (χ1n) is 11.8. The second-order valence-electron chi connectivity index (χ2n) is 9.14. The molecule has 246 valence electrons. The Labute approximate surface area is 253 Å². The van der Waals surface area contributed by atoms with Gasteiger partial charge in [0, 0.05) is 16.5 Å². The molecule has 4 nitrogen and oxygen atoms in total. The molecule has 3 N–H and O–H groups in total. The van der Waals surface area contributed by atoms with Crippen LogP contribution in [0.3, 0.4) is 0 Å². The van der Waals surface area contributed by atoms with Crippen molar-refractivity contribution in [3.63, 3.8) is 0 Å². The van der Waals surface area contributed by atoms with Gasteiger partial charge >= 0.3 is 7.32 Å². The maximum Gasteiger partial charge on any atom is 0.708 e. The number of halogens is 16. The third-order valence-electron chi connectivity index (χ3n) is 6.61. The van der Waals surface area contributed by atoms with Gasteiger partial charge in [-0.25, -0.2) is 65.9 Å². The molecule has 0 atom stereocenters. The summed E-state index contributed by atoms with van der Waals surface area (Å²) >= 11 is 5.99. The van der Waals surface area contributed by atoms with Gasteiger partial charge in [0.25, 0.3) is 0 Å². The van der Waals surface area contributed by atoms with Crippen LogP contribution < -0.4 is 4.65 Å². The molecule has 4 aromatic carbocycles. The molecule has 1 heterocycles. The maximum absolute atomic E-state index is 15.4. The number of H-pyrrole nitrogens is 1. The molecule has 0 fully saturated rings. The van der Waals surface area contributed by atoms with Gasteiger partial charge < -0.3 is 19.7 Å². The van der Waals surface area contributed by atoms with Crippen LogP contribution in [0, 0.1) is 87.3 Å². The Morgan fingerprint density at radius 1 is 0.447 bits per heavy atom. The van der Waals surface area contributed by atoms with Gasteiger partial charge in [0.1, 0.15) is 0 Å². The van der Waals surface area contributed by atoms with E-state index in [9.17, 15) is 49.6 Å². The van der Waals surface area contributed by atoms with Gasteiger partial charge in [-0.3, -0.25) is 0 Å². The zero-order valence-electron chi connectivity index (χ0n) is 21.5. The van der Waals surface area contributed by atoms with Crippen LogP contribution >= 0.6 is 11.6 Å². The molecule has 0 aliphatic carbocycles. The van der Waals surface area contributed by atoms with E-state index in [0.29, 0.717) is 6.07 Å². The zero-order chi connectivity index (χ0) is 35.1. The molecule has 0 bridgehead atoms. The number of aromatic nitrogens is 1. The van der Waals surface area contributed by atoms with Gasteiger partial charge in [0.2, 0.25) is 17.5 Å². The molecule has 5 aromatic rings. The number of hydrogen-bond acceptors (Lipinski definition) is 3. The zero-order valence-corrected chi connectivity index (χ0v) is 22.3. The van der Waals surface area contributed by atoms with Crippen LogP contribution in [0.25, 0.3) is 44.3 Å². The summed E-state index contributed by atoms with van der Waals surface area (Å²) in [7, 11) is -3.09. The predicted octanol–water partition coefficient (Wildman–Crippen LogP) is 8.26. The van der Waals surface area contributed by atoms with Crippen LogP contribution in [0.2, 0.25) is 5.02 Å². The summed E-state index contributed by atoms with van der Waals surface area (Å²) in [6.07, 6.45) is 0. The number of hydrogen-bond donors (Lipinski definition) is 3. The fraction of sp³-hybridized carbons (Fsp3) is 0. The van der Waals surface area contributed by atoms with Gasteiger partial charge in [-0.2, -0.15) is 0 Å². The van der Waals surface area contributed by atoms with Crippen molar-refractivity contribution in [2.45, 2.75) is 0 Å². The summed E-state index contributed by atoms with van der Waals surface area (Å²) in [5.41, 5.74) is -13.5. The second kappa shape index (κ2) is 11.6. The highest BCUT2D eigenvalue weighted by Crippen LogP contribution is 2.53. The number of benzene rings is 4. The SMILES string of the molecule is OB(O)Oc1[nH]c2cc(Cl)c(-c3c(F)c(F)c(F)c(F)c3F)c(-c3c(F)c(F)c(F)c(F)c3F)c2c1-c1c(F)c(F)c(F)c(F)c1F. The molecule has 5 rings (SSSR count). The number of nitrogens with one attached hydrogen (secondary N) is 1. The van der Waals surface area contributed by atoms with Crippen LogP contribution in [0.15, 0.2) is 6.07 Å². The molecule has 0 saturated carbocycles. The summed E-state index contributed by atoms with van der Waals surface area (Å²) < 4.78 is 224. The van der Waals surface area contributed by atoms with Crippen molar-refractivity contribution >= 4 is 29.8 Å². The summed E-state index contributed by atoms with van der Waals surface area (Å²) in [5, 5.41) is 15.7. The van der Waals surface area contributed by atoms with E-state index in [1.807, 2.05) is 4.98 Å².